The van der Waals surface area contributed by atoms with Gasteiger partial charge in [-0.25, -0.2) is 4.39 Å². The zero-order valence-electron chi connectivity index (χ0n) is 15.2. The van der Waals surface area contributed by atoms with Crippen molar-refractivity contribution in [1.82, 2.24) is 10.2 Å². The van der Waals surface area contributed by atoms with E-state index in [1.54, 1.807) is 19.9 Å². The molecular formula is C19H21FN4O3. The van der Waals surface area contributed by atoms with Crippen molar-refractivity contribution < 1.29 is 18.8 Å². The van der Waals surface area contributed by atoms with Crippen molar-refractivity contribution in [3.63, 3.8) is 0 Å². The van der Waals surface area contributed by atoms with E-state index >= 15 is 0 Å². The van der Waals surface area contributed by atoms with Crippen LogP contribution in [0.4, 0.5) is 10.1 Å². The highest BCUT2D eigenvalue weighted by Gasteiger charge is 2.41. The van der Waals surface area contributed by atoms with Gasteiger partial charge in [-0.2, -0.15) is 5.26 Å². The molecule has 1 aromatic carbocycles. The molecule has 1 aliphatic heterocycles. The maximum atomic E-state index is 13.4. The average molecular weight is 372 g/mol. The van der Waals surface area contributed by atoms with Gasteiger partial charge in [-0.1, -0.05) is 6.08 Å². The number of carbonyl (C=O) groups is 3. The molecular weight excluding hydrogens is 351 g/mol. The van der Waals surface area contributed by atoms with Crippen LogP contribution in [0.2, 0.25) is 0 Å². The molecule has 1 saturated heterocycles. The number of carbonyl (C=O) groups excluding carboxylic acids is 3. The molecule has 0 bridgehead atoms. The second kappa shape index (κ2) is 8.45. The summed E-state index contributed by atoms with van der Waals surface area (Å²) in [5, 5.41) is 14.0. The van der Waals surface area contributed by atoms with E-state index in [9.17, 15) is 18.8 Å². The molecule has 2 rings (SSSR count). The Labute approximate surface area is 156 Å². The topological polar surface area (TPSA) is 102 Å². The molecule has 27 heavy (non-hydrogen) atoms. The molecule has 1 fully saturated rings. The minimum Gasteiger partial charge on any atom is -0.346 e. The van der Waals surface area contributed by atoms with E-state index < -0.39 is 35.5 Å². The van der Waals surface area contributed by atoms with Gasteiger partial charge >= 0.3 is 11.8 Å². The lowest BCUT2D eigenvalue weighted by atomic mass is 9.99. The second-order valence-corrected chi connectivity index (χ2v) is 6.54. The Balaban J connectivity index is 2.11. The quantitative estimate of drug-likeness (QED) is 0.618. The van der Waals surface area contributed by atoms with Crippen LogP contribution in [-0.2, 0) is 14.4 Å². The lowest BCUT2D eigenvalue weighted by Crippen LogP contribution is -2.48. The van der Waals surface area contributed by atoms with Gasteiger partial charge in [-0.3, -0.25) is 14.4 Å². The van der Waals surface area contributed by atoms with Gasteiger partial charge in [0.2, 0.25) is 5.91 Å². The van der Waals surface area contributed by atoms with Crippen LogP contribution >= 0.6 is 0 Å². The number of amides is 3. The molecule has 8 heteroatoms. The molecule has 2 unspecified atom stereocenters. The fraction of sp³-hybridized carbons (Fsp3) is 0.368. The largest absolute Gasteiger partial charge is 0.346 e. The van der Waals surface area contributed by atoms with Crippen molar-refractivity contribution in [3.8, 4) is 6.07 Å². The fourth-order valence-corrected chi connectivity index (χ4v) is 3.01. The van der Waals surface area contributed by atoms with E-state index in [-0.39, 0.29) is 23.8 Å². The first-order valence-corrected chi connectivity index (χ1v) is 8.53. The highest BCUT2D eigenvalue weighted by Crippen LogP contribution is 2.27. The number of nitrogens with one attached hydrogen (secondary N) is 2. The van der Waals surface area contributed by atoms with Crippen LogP contribution in [0.25, 0.3) is 0 Å². The van der Waals surface area contributed by atoms with Gasteiger partial charge < -0.3 is 15.5 Å². The first kappa shape index (κ1) is 20.1. The number of halogens is 1. The molecule has 3 amide bonds. The second-order valence-electron chi connectivity index (χ2n) is 6.54. The summed E-state index contributed by atoms with van der Waals surface area (Å²) < 4.78 is 13.4. The smallest absolute Gasteiger partial charge is 0.312 e. The van der Waals surface area contributed by atoms with Crippen LogP contribution in [-0.4, -0.2) is 41.2 Å². The number of hydrogen-bond donors (Lipinski definition) is 2. The SMILES string of the molecule is C=CC1C(C(=O)Nc2ccc(F)c(C#N)c2)CCN1C(=O)C(=O)NC(C)C. The normalized spacial score (nSPS) is 18.7. The minimum absolute atomic E-state index is 0.179. The van der Waals surface area contributed by atoms with Crippen LogP contribution in [0.3, 0.4) is 0 Å². The standard InChI is InChI=1S/C19H21FN4O3/c1-4-16-14(7-8-24(16)19(27)18(26)22-11(2)3)17(25)23-13-5-6-15(20)12(9-13)10-21/h4-6,9,11,14,16H,1,7-8H2,2-3H3,(H,22,26)(H,23,25). The van der Waals surface area contributed by atoms with E-state index in [4.69, 9.17) is 5.26 Å². The molecule has 0 spiro atoms. The van der Waals surface area contributed by atoms with Gasteiger partial charge in [0.05, 0.1) is 17.5 Å². The van der Waals surface area contributed by atoms with Gasteiger partial charge in [-0.15, -0.1) is 6.58 Å². The fourth-order valence-electron chi connectivity index (χ4n) is 3.01. The maximum absolute atomic E-state index is 13.4. The van der Waals surface area contributed by atoms with Crippen molar-refractivity contribution in [2.24, 2.45) is 5.92 Å². The van der Waals surface area contributed by atoms with Gasteiger partial charge in [0.1, 0.15) is 11.9 Å². The van der Waals surface area contributed by atoms with Crippen molar-refractivity contribution >= 4 is 23.4 Å². The Morgan fingerprint density at radius 2 is 2.11 bits per heavy atom. The van der Waals surface area contributed by atoms with E-state index in [1.165, 1.54) is 23.1 Å². The molecule has 0 saturated carbocycles. The summed E-state index contributed by atoms with van der Waals surface area (Å²) in [5.41, 5.74) is 0.102. The Bertz CT molecular complexity index is 816. The van der Waals surface area contributed by atoms with Crippen molar-refractivity contribution in [1.29, 1.82) is 5.26 Å². The molecule has 2 N–H and O–H groups in total. The molecule has 0 aromatic heterocycles. The zero-order chi connectivity index (χ0) is 20.1. The summed E-state index contributed by atoms with van der Waals surface area (Å²) in [5.74, 6) is -3.11. The Morgan fingerprint density at radius 3 is 2.70 bits per heavy atom. The van der Waals surface area contributed by atoms with Crippen LogP contribution < -0.4 is 10.6 Å². The van der Waals surface area contributed by atoms with Crippen molar-refractivity contribution in [2.45, 2.75) is 32.4 Å². The monoisotopic (exact) mass is 372 g/mol. The summed E-state index contributed by atoms with van der Waals surface area (Å²) in [4.78, 5) is 38.3. The summed E-state index contributed by atoms with van der Waals surface area (Å²) >= 11 is 0. The minimum atomic E-state index is -0.727. The Kier molecular flexibility index (Phi) is 6.29. The molecule has 0 aliphatic carbocycles. The van der Waals surface area contributed by atoms with Crippen molar-refractivity contribution in [3.05, 3.63) is 42.2 Å². The number of nitrogens with zero attached hydrogens (tertiary/aromatic N) is 2. The van der Waals surface area contributed by atoms with Crippen molar-refractivity contribution in [2.75, 3.05) is 11.9 Å². The highest BCUT2D eigenvalue weighted by atomic mass is 19.1. The van der Waals surface area contributed by atoms with E-state index in [0.717, 1.165) is 6.07 Å². The summed E-state index contributed by atoms with van der Waals surface area (Å²) in [6.07, 6.45) is 1.82. The summed E-state index contributed by atoms with van der Waals surface area (Å²) in [6.45, 7) is 7.41. The number of hydrogen-bond acceptors (Lipinski definition) is 4. The number of benzene rings is 1. The Morgan fingerprint density at radius 1 is 1.41 bits per heavy atom. The van der Waals surface area contributed by atoms with E-state index in [2.05, 4.69) is 17.2 Å². The lowest BCUT2D eigenvalue weighted by Gasteiger charge is -2.25. The predicted molar refractivity (Wildman–Crippen MR) is 96.8 cm³/mol. The molecule has 1 heterocycles. The third-order valence-corrected chi connectivity index (χ3v) is 4.26. The third-order valence-electron chi connectivity index (χ3n) is 4.26. The number of rotatable bonds is 4. The average Bonchev–Trinajstić information content (AvgIpc) is 3.06. The predicted octanol–water partition coefficient (Wildman–Crippen LogP) is 1.56. The molecule has 0 radical (unpaired) electrons. The van der Waals surface area contributed by atoms with Gasteiger partial charge in [0.15, 0.2) is 0 Å². The summed E-state index contributed by atoms with van der Waals surface area (Å²) in [7, 11) is 0. The van der Waals surface area contributed by atoms with Crippen LogP contribution in [0.1, 0.15) is 25.8 Å². The molecule has 1 aromatic rings. The van der Waals surface area contributed by atoms with Gasteiger partial charge in [-0.05, 0) is 38.5 Å². The van der Waals surface area contributed by atoms with Crippen LogP contribution in [0.5, 0.6) is 0 Å². The first-order chi connectivity index (χ1) is 12.8. The van der Waals surface area contributed by atoms with E-state index in [0.29, 0.717) is 6.42 Å². The number of anilines is 1. The molecule has 2 atom stereocenters. The molecule has 142 valence electrons. The number of nitriles is 1. The highest BCUT2D eigenvalue weighted by molar-refractivity contribution is 6.35. The maximum Gasteiger partial charge on any atom is 0.312 e. The van der Waals surface area contributed by atoms with E-state index in [1.807, 2.05) is 0 Å². The third kappa shape index (κ3) is 4.50. The first-order valence-electron chi connectivity index (χ1n) is 8.53. The zero-order valence-corrected chi connectivity index (χ0v) is 15.2. The van der Waals surface area contributed by atoms with Gasteiger partial charge in [0.25, 0.3) is 0 Å². The Hall–Kier alpha value is -3.21. The van der Waals surface area contributed by atoms with Gasteiger partial charge in [0, 0.05) is 18.3 Å². The van der Waals surface area contributed by atoms with Crippen LogP contribution in [0, 0.1) is 23.1 Å². The molecule has 7 nitrogen and oxygen atoms in total. The van der Waals surface area contributed by atoms with Crippen LogP contribution in [0.15, 0.2) is 30.9 Å². The molecule has 1 aliphatic rings. The lowest BCUT2D eigenvalue weighted by molar-refractivity contribution is -0.146. The number of likely N-dealkylation sites (tertiary alicyclic amines) is 1. The summed E-state index contributed by atoms with van der Waals surface area (Å²) in [6, 6.07) is 4.58.